The SMILES string of the molecule is Cc1cc(C)c(S(=O)(=O)NCCC(O)c2cccs2)cc1C. The number of nitrogens with one attached hydrogen (secondary N) is 1. The van der Waals surface area contributed by atoms with Gasteiger partial charge in [0.05, 0.1) is 11.0 Å². The van der Waals surface area contributed by atoms with Gasteiger partial charge < -0.3 is 5.11 Å². The highest BCUT2D eigenvalue weighted by Gasteiger charge is 2.18. The van der Waals surface area contributed by atoms with Crippen molar-refractivity contribution < 1.29 is 13.5 Å². The Kier molecular flexibility index (Phi) is 5.39. The topological polar surface area (TPSA) is 66.4 Å². The van der Waals surface area contributed by atoms with Crippen LogP contribution in [-0.4, -0.2) is 20.1 Å². The summed E-state index contributed by atoms with van der Waals surface area (Å²) < 4.78 is 27.4. The second-order valence-electron chi connectivity index (χ2n) is 5.42. The predicted molar refractivity (Wildman–Crippen MR) is 89.7 cm³/mol. The van der Waals surface area contributed by atoms with E-state index in [1.165, 1.54) is 11.3 Å². The van der Waals surface area contributed by atoms with E-state index in [9.17, 15) is 13.5 Å². The van der Waals surface area contributed by atoms with Gasteiger partial charge in [0.15, 0.2) is 0 Å². The summed E-state index contributed by atoms with van der Waals surface area (Å²) in [5.74, 6) is 0. The first-order valence-electron chi connectivity index (χ1n) is 7.10. The summed E-state index contributed by atoms with van der Waals surface area (Å²) >= 11 is 1.46. The molecule has 2 aromatic rings. The van der Waals surface area contributed by atoms with E-state index < -0.39 is 16.1 Å². The van der Waals surface area contributed by atoms with Crippen LogP contribution in [0.1, 0.15) is 34.1 Å². The molecule has 6 heteroatoms. The van der Waals surface area contributed by atoms with Crippen LogP contribution in [0.4, 0.5) is 0 Å². The summed E-state index contributed by atoms with van der Waals surface area (Å²) in [6, 6.07) is 7.29. The monoisotopic (exact) mass is 339 g/mol. The minimum absolute atomic E-state index is 0.202. The summed E-state index contributed by atoms with van der Waals surface area (Å²) in [6.45, 7) is 5.85. The number of hydrogen-bond acceptors (Lipinski definition) is 4. The molecule has 4 nitrogen and oxygen atoms in total. The van der Waals surface area contributed by atoms with Crippen molar-refractivity contribution in [2.24, 2.45) is 0 Å². The number of aryl methyl sites for hydroxylation is 3. The van der Waals surface area contributed by atoms with Crippen molar-refractivity contribution >= 4 is 21.4 Å². The number of aliphatic hydroxyl groups excluding tert-OH is 1. The molecular weight excluding hydrogens is 318 g/mol. The summed E-state index contributed by atoms with van der Waals surface area (Å²) in [5.41, 5.74) is 2.75. The zero-order valence-corrected chi connectivity index (χ0v) is 14.6. The first-order chi connectivity index (χ1) is 10.3. The van der Waals surface area contributed by atoms with Crippen molar-refractivity contribution in [3.8, 4) is 0 Å². The molecule has 1 unspecified atom stereocenters. The van der Waals surface area contributed by atoms with Gasteiger partial charge in [0.1, 0.15) is 0 Å². The molecule has 0 aliphatic heterocycles. The minimum atomic E-state index is -3.55. The van der Waals surface area contributed by atoms with Crippen LogP contribution in [0.5, 0.6) is 0 Å². The maximum Gasteiger partial charge on any atom is 0.240 e. The molecule has 120 valence electrons. The number of hydrogen-bond donors (Lipinski definition) is 2. The Morgan fingerprint density at radius 1 is 1.18 bits per heavy atom. The highest BCUT2D eigenvalue weighted by Crippen LogP contribution is 2.22. The van der Waals surface area contributed by atoms with Crippen molar-refractivity contribution in [2.75, 3.05) is 6.54 Å². The van der Waals surface area contributed by atoms with Crippen LogP contribution in [0.25, 0.3) is 0 Å². The molecule has 0 saturated heterocycles. The highest BCUT2D eigenvalue weighted by molar-refractivity contribution is 7.89. The summed E-state index contributed by atoms with van der Waals surface area (Å²) in [4.78, 5) is 1.16. The molecule has 0 bridgehead atoms. The minimum Gasteiger partial charge on any atom is -0.388 e. The molecule has 0 aliphatic rings. The Morgan fingerprint density at radius 3 is 2.50 bits per heavy atom. The van der Waals surface area contributed by atoms with Gasteiger partial charge in [0.25, 0.3) is 0 Å². The van der Waals surface area contributed by atoms with Crippen LogP contribution < -0.4 is 4.72 Å². The van der Waals surface area contributed by atoms with Gasteiger partial charge in [-0.3, -0.25) is 0 Å². The van der Waals surface area contributed by atoms with Crippen molar-refractivity contribution in [3.63, 3.8) is 0 Å². The lowest BCUT2D eigenvalue weighted by Gasteiger charge is -2.13. The van der Waals surface area contributed by atoms with Crippen LogP contribution in [0, 0.1) is 20.8 Å². The fraction of sp³-hybridized carbons (Fsp3) is 0.375. The van der Waals surface area contributed by atoms with E-state index in [1.54, 1.807) is 13.0 Å². The molecule has 0 amide bonds. The first-order valence-corrected chi connectivity index (χ1v) is 9.46. The van der Waals surface area contributed by atoms with E-state index in [-0.39, 0.29) is 6.54 Å². The normalized spacial score (nSPS) is 13.3. The molecule has 0 radical (unpaired) electrons. The summed E-state index contributed by atoms with van der Waals surface area (Å²) in [5, 5.41) is 11.9. The van der Waals surface area contributed by atoms with Gasteiger partial charge in [-0.05, 0) is 61.4 Å². The Hall–Kier alpha value is -1.21. The van der Waals surface area contributed by atoms with Gasteiger partial charge in [-0.2, -0.15) is 0 Å². The van der Waals surface area contributed by atoms with Gasteiger partial charge >= 0.3 is 0 Å². The van der Waals surface area contributed by atoms with E-state index in [1.807, 2.05) is 37.4 Å². The number of rotatable bonds is 6. The predicted octanol–water partition coefficient (Wildman–Crippen LogP) is 3.08. The van der Waals surface area contributed by atoms with Crippen LogP contribution in [-0.2, 0) is 10.0 Å². The van der Waals surface area contributed by atoms with Crippen LogP contribution in [0.15, 0.2) is 34.5 Å². The number of benzene rings is 1. The third-order valence-corrected chi connectivity index (χ3v) is 6.24. The molecule has 2 N–H and O–H groups in total. The molecule has 0 spiro atoms. The molecule has 1 heterocycles. The summed E-state index contributed by atoms with van der Waals surface area (Å²) in [6.07, 6.45) is -0.285. The third kappa shape index (κ3) is 3.95. The van der Waals surface area contributed by atoms with E-state index in [0.29, 0.717) is 11.3 Å². The van der Waals surface area contributed by atoms with Crippen LogP contribution in [0.3, 0.4) is 0 Å². The first kappa shape index (κ1) is 17.1. The van der Waals surface area contributed by atoms with E-state index in [0.717, 1.165) is 21.6 Å². The van der Waals surface area contributed by atoms with Crippen LogP contribution >= 0.6 is 11.3 Å². The molecule has 0 aliphatic carbocycles. The second-order valence-corrected chi connectivity index (χ2v) is 8.13. The molecular formula is C16H21NO3S2. The average molecular weight is 339 g/mol. The molecule has 1 atom stereocenters. The lowest BCUT2D eigenvalue weighted by atomic mass is 10.1. The van der Waals surface area contributed by atoms with Gasteiger partial charge in [0.2, 0.25) is 10.0 Å². The maximum atomic E-state index is 12.4. The lowest BCUT2D eigenvalue weighted by Crippen LogP contribution is -2.26. The quantitative estimate of drug-likeness (QED) is 0.850. The molecule has 1 aromatic heterocycles. The number of thiophene rings is 1. The third-order valence-electron chi connectivity index (χ3n) is 3.66. The summed E-state index contributed by atoms with van der Waals surface area (Å²) in [7, 11) is -3.55. The van der Waals surface area contributed by atoms with Gasteiger partial charge in [-0.1, -0.05) is 12.1 Å². The van der Waals surface area contributed by atoms with E-state index in [4.69, 9.17) is 0 Å². The molecule has 1 aromatic carbocycles. The van der Waals surface area contributed by atoms with E-state index >= 15 is 0 Å². The smallest absolute Gasteiger partial charge is 0.240 e. The molecule has 0 saturated carbocycles. The van der Waals surface area contributed by atoms with Crippen molar-refractivity contribution in [1.29, 1.82) is 0 Å². The lowest BCUT2D eigenvalue weighted by molar-refractivity contribution is 0.173. The largest absolute Gasteiger partial charge is 0.388 e. The fourth-order valence-electron chi connectivity index (χ4n) is 2.25. The van der Waals surface area contributed by atoms with Crippen molar-refractivity contribution in [1.82, 2.24) is 4.72 Å². The number of aliphatic hydroxyl groups is 1. The standard InChI is InChI=1S/C16H21NO3S2/c1-11-9-13(3)16(10-12(11)2)22(19,20)17-7-6-14(18)15-5-4-8-21-15/h4-5,8-10,14,17-18H,6-7H2,1-3H3. The molecule has 2 rings (SSSR count). The zero-order chi connectivity index (χ0) is 16.3. The van der Waals surface area contributed by atoms with Gasteiger partial charge in [-0.15, -0.1) is 11.3 Å². The Bertz CT molecular complexity index is 737. The van der Waals surface area contributed by atoms with Crippen molar-refractivity contribution in [3.05, 3.63) is 51.2 Å². The average Bonchev–Trinajstić information content (AvgIpc) is 2.96. The zero-order valence-electron chi connectivity index (χ0n) is 13.0. The second kappa shape index (κ2) is 6.91. The maximum absolute atomic E-state index is 12.4. The Labute approximate surface area is 135 Å². The van der Waals surface area contributed by atoms with Gasteiger partial charge in [-0.25, -0.2) is 13.1 Å². The van der Waals surface area contributed by atoms with Crippen molar-refractivity contribution in [2.45, 2.75) is 38.2 Å². The fourth-order valence-corrected chi connectivity index (χ4v) is 4.36. The van der Waals surface area contributed by atoms with E-state index in [2.05, 4.69) is 4.72 Å². The molecule has 0 fully saturated rings. The Balaban J connectivity index is 2.04. The number of sulfonamides is 1. The Morgan fingerprint density at radius 2 is 1.86 bits per heavy atom. The van der Waals surface area contributed by atoms with Gasteiger partial charge in [0, 0.05) is 11.4 Å². The van der Waals surface area contributed by atoms with Crippen LogP contribution in [0.2, 0.25) is 0 Å². The highest BCUT2D eigenvalue weighted by atomic mass is 32.2. The molecule has 22 heavy (non-hydrogen) atoms.